The second kappa shape index (κ2) is 10.6. The van der Waals surface area contributed by atoms with Crippen molar-refractivity contribution in [2.45, 2.75) is 50.2 Å². The molecule has 1 amide bonds. The van der Waals surface area contributed by atoms with Crippen LogP contribution >= 0.6 is 11.6 Å². The molecule has 8 nitrogen and oxygen atoms in total. The Labute approximate surface area is 215 Å². The van der Waals surface area contributed by atoms with E-state index in [9.17, 15) is 19.4 Å². The molecular formula is C26H33ClFN5O3. The second-order valence-electron chi connectivity index (χ2n) is 10.2. The Kier molecular flexibility index (Phi) is 7.44. The molecule has 1 aromatic carbocycles. The normalized spacial score (nSPS) is 24.1. The number of likely N-dealkylation sites (tertiary alicyclic amines) is 1. The van der Waals surface area contributed by atoms with Gasteiger partial charge in [0.2, 0.25) is 5.91 Å². The zero-order valence-electron chi connectivity index (χ0n) is 20.5. The van der Waals surface area contributed by atoms with Crippen LogP contribution in [0.1, 0.15) is 60.9 Å². The van der Waals surface area contributed by atoms with E-state index in [-0.39, 0.29) is 23.0 Å². The molecule has 2 aromatic rings. The molecule has 2 fully saturated rings. The number of aliphatic hydroxyl groups is 2. The molecule has 0 spiro atoms. The number of hydrogen-bond acceptors (Lipinski definition) is 7. The van der Waals surface area contributed by atoms with Crippen LogP contribution in [0.15, 0.2) is 24.5 Å². The topological polar surface area (TPSA) is 93.0 Å². The van der Waals surface area contributed by atoms with Crippen LogP contribution in [-0.4, -0.2) is 87.8 Å². The Morgan fingerprint density at radius 1 is 1.14 bits per heavy atom. The first-order chi connectivity index (χ1) is 17.3. The van der Waals surface area contributed by atoms with E-state index in [2.05, 4.69) is 26.7 Å². The number of benzene rings is 1. The van der Waals surface area contributed by atoms with Gasteiger partial charge in [-0.25, -0.2) is 14.4 Å². The molecule has 2 saturated heterocycles. The van der Waals surface area contributed by atoms with Crippen molar-refractivity contribution in [1.82, 2.24) is 19.8 Å². The van der Waals surface area contributed by atoms with Crippen LogP contribution in [-0.2, 0) is 4.79 Å². The monoisotopic (exact) mass is 517 g/mol. The first-order valence-electron chi connectivity index (χ1n) is 12.7. The highest BCUT2D eigenvalue weighted by molar-refractivity contribution is 6.30. The molecule has 2 N–H and O–H groups in total. The molecule has 194 valence electrons. The number of amides is 1. The van der Waals surface area contributed by atoms with Gasteiger partial charge in [-0.15, -0.1) is 0 Å². The van der Waals surface area contributed by atoms with E-state index in [1.165, 1.54) is 18.5 Å². The Hall–Kier alpha value is -2.33. The van der Waals surface area contributed by atoms with Gasteiger partial charge < -0.3 is 24.9 Å². The standard InChI is InChI=1S/C26H33ClFN5O3/c1-16-12-22(35)24-23(16)25(30-15-29-24)32-8-10-33(11-9-32)26(36)19(14-31-6-4-18(34)5-7-31)17-2-3-20(27)21(28)13-17/h2-3,13,15-16,18-19,22,34-35H,4-12,14H2,1H3/t16-,19-,22-/m1/s1. The highest BCUT2D eigenvalue weighted by atomic mass is 35.5. The number of aromatic nitrogens is 2. The molecule has 0 saturated carbocycles. The average Bonchev–Trinajstić information content (AvgIpc) is 3.18. The van der Waals surface area contributed by atoms with E-state index in [1.807, 2.05) is 4.90 Å². The van der Waals surface area contributed by atoms with Crippen LogP contribution in [0.4, 0.5) is 10.2 Å². The third-order valence-electron chi connectivity index (χ3n) is 7.81. The minimum absolute atomic E-state index is 0.0285. The number of carbonyl (C=O) groups is 1. The molecule has 10 heteroatoms. The van der Waals surface area contributed by atoms with Crippen molar-refractivity contribution in [2.75, 3.05) is 50.7 Å². The largest absolute Gasteiger partial charge is 0.393 e. The summed E-state index contributed by atoms with van der Waals surface area (Å²) in [7, 11) is 0. The lowest BCUT2D eigenvalue weighted by atomic mass is 9.95. The van der Waals surface area contributed by atoms with E-state index in [0.29, 0.717) is 76.3 Å². The van der Waals surface area contributed by atoms with Crippen molar-refractivity contribution in [2.24, 2.45) is 0 Å². The minimum atomic E-state index is -0.559. The summed E-state index contributed by atoms with van der Waals surface area (Å²) < 4.78 is 14.3. The molecule has 36 heavy (non-hydrogen) atoms. The summed E-state index contributed by atoms with van der Waals surface area (Å²) in [6.45, 7) is 6.26. The summed E-state index contributed by atoms with van der Waals surface area (Å²) >= 11 is 5.92. The summed E-state index contributed by atoms with van der Waals surface area (Å²) in [4.78, 5) is 28.8. The number of halogens is 2. The second-order valence-corrected chi connectivity index (χ2v) is 10.6. The SMILES string of the molecule is C[C@@H]1C[C@@H](O)c2ncnc(N3CCN(C(=O)[C@H](CN4CCC(O)CC4)c4ccc(Cl)c(F)c4)CC3)c21. The van der Waals surface area contributed by atoms with E-state index >= 15 is 0 Å². The van der Waals surface area contributed by atoms with Crippen LogP contribution in [0, 0.1) is 5.82 Å². The molecule has 5 rings (SSSR count). The number of fused-ring (bicyclic) bond motifs is 1. The van der Waals surface area contributed by atoms with Crippen LogP contribution < -0.4 is 4.90 Å². The van der Waals surface area contributed by atoms with Crippen LogP contribution in [0.2, 0.25) is 5.02 Å². The summed E-state index contributed by atoms with van der Waals surface area (Å²) in [5.74, 6) is -0.0477. The van der Waals surface area contributed by atoms with E-state index in [4.69, 9.17) is 11.6 Å². The van der Waals surface area contributed by atoms with Gasteiger partial charge in [0.1, 0.15) is 18.0 Å². The van der Waals surface area contributed by atoms with Gasteiger partial charge in [0.25, 0.3) is 0 Å². The third-order valence-corrected chi connectivity index (χ3v) is 8.12. The maximum atomic E-state index is 14.3. The molecule has 3 heterocycles. The number of hydrogen-bond donors (Lipinski definition) is 2. The van der Waals surface area contributed by atoms with Crippen LogP contribution in [0.5, 0.6) is 0 Å². The highest BCUT2D eigenvalue weighted by Crippen LogP contribution is 2.42. The Morgan fingerprint density at radius 3 is 2.56 bits per heavy atom. The van der Waals surface area contributed by atoms with Crippen LogP contribution in [0.3, 0.4) is 0 Å². The predicted octanol–water partition coefficient (Wildman–Crippen LogP) is 2.70. The fourth-order valence-electron chi connectivity index (χ4n) is 5.73. The van der Waals surface area contributed by atoms with Gasteiger partial charge in [-0.1, -0.05) is 24.6 Å². The predicted molar refractivity (Wildman–Crippen MR) is 135 cm³/mol. The average molecular weight is 518 g/mol. The number of piperidine rings is 1. The fraction of sp³-hybridized carbons (Fsp3) is 0.577. The number of nitrogens with zero attached hydrogens (tertiary/aromatic N) is 5. The summed E-state index contributed by atoms with van der Waals surface area (Å²) in [6.07, 6.45) is 2.63. The number of aliphatic hydroxyl groups excluding tert-OH is 2. The van der Waals surface area contributed by atoms with Crippen LogP contribution in [0.25, 0.3) is 0 Å². The van der Waals surface area contributed by atoms with Gasteiger partial charge in [0.05, 0.1) is 28.8 Å². The van der Waals surface area contributed by atoms with Crippen molar-refractivity contribution in [1.29, 1.82) is 0 Å². The van der Waals surface area contributed by atoms with E-state index < -0.39 is 17.8 Å². The zero-order chi connectivity index (χ0) is 25.4. The smallest absolute Gasteiger partial charge is 0.231 e. The lowest BCUT2D eigenvalue weighted by Crippen LogP contribution is -2.52. The number of carbonyl (C=O) groups excluding carboxylic acids is 1. The van der Waals surface area contributed by atoms with E-state index in [0.717, 1.165) is 11.4 Å². The number of piperazine rings is 1. The van der Waals surface area contributed by atoms with Crippen molar-refractivity contribution in [3.8, 4) is 0 Å². The zero-order valence-corrected chi connectivity index (χ0v) is 21.2. The summed E-state index contributed by atoms with van der Waals surface area (Å²) in [5, 5.41) is 20.2. The molecular weight excluding hydrogens is 485 g/mol. The molecule has 0 unspecified atom stereocenters. The third kappa shape index (κ3) is 5.07. The molecule has 3 atom stereocenters. The first-order valence-corrected chi connectivity index (χ1v) is 13.1. The molecule has 0 bridgehead atoms. The Bertz CT molecular complexity index is 1100. The van der Waals surface area contributed by atoms with E-state index in [1.54, 1.807) is 6.07 Å². The van der Waals surface area contributed by atoms with Gasteiger partial charge in [-0.3, -0.25) is 4.79 Å². The van der Waals surface area contributed by atoms with Crippen molar-refractivity contribution in [3.05, 3.63) is 52.2 Å². The Balaban J connectivity index is 1.31. The van der Waals surface area contributed by atoms with Crippen molar-refractivity contribution < 1.29 is 19.4 Å². The maximum absolute atomic E-state index is 14.3. The molecule has 1 aliphatic carbocycles. The van der Waals surface area contributed by atoms with Gasteiger partial charge >= 0.3 is 0 Å². The van der Waals surface area contributed by atoms with Gasteiger partial charge in [0, 0.05) is 51.4 Å². The van der Waals surface area contributed by atoms with Gasteiger partial charge in [-0.2, -0.15) is 0 Å². The molecule has 3 aliphatic rings. The Morgan fingerprint density at radius 2 is 1.86 bits per heavy atom. The van der Waals surface area contributed by atoms with Gasteiger partial charge in [0.15, 0.2) is 0 Å². The van der Waals surface area contributed by atoms with Gasteiger partial charge in [-0.05, 0) is 42.9 Å². The number of rotatable bonds is 5. The highest BCUT2D eigenvalue weighted by Gasteiger charge is 2.35. The summed E-state index contributed by atoms with van der Waals surface area (Å²) in [6, 6.07) is 4.62. The quantitative estimate of drug-likeness (QED) is 0.630. The fourth-order valence-corrected chi connectivity index (χ4v) is 5.85. The van der Waals surface area contributed by atoms with Crippen molar-refractivity contribution >= 4 is 23.3 Å². The summed E-state index contributed by atoms with van der Waals surface area (Å²) in [5.41, 5.74) is 2.33. The number of anilines is 1. The molecule has 0 radical (unpaired) electrons. The lowest BCUT2D eigenvalue weighted by Gasteiger charge is -2.39. The molecule has 2 aliphatic heterocycles. The first kappa shape index (κ1) is 25.3. The lowest BCUT2D eigenvalue weighted by molar-refractivity contribution is -0.133. The molecule has 1 aromatic heterocycles. The minimum Gasteiger partial charge on any atom is -0.393 e. The van der Waals surface area contributed by atoms with Crippen molar-refractivity contribution in [3.63, 3.8) is 0 Å². The maximum Gasteiger partial charge on any atom is 0.231 e.